The van der Waals surface area contributed by atoms with E-state index in [1.54, 1.807) is 13.0 Å². The third kappa shape index (κ3) is 1.91. The molecule has 0 aromatic heterocycles. The van der Waals surface area contributed by atoms with Gasteiger partial charge in [-0.05, 0) is 18.6 Å². The topological polar surface area (TPSA) is 20.1 Å². The summed E-state index contributed by atoms with van der Waals surface area (Å²) in [7, 11) is 0. The van der Waals surface area contributed by atoms with Gasteiger partial charge >= 0.3 is 0 Å². The van der Waals surface area contributed by atoms with Gasteiger partial charge in [0.05, 0.1) is 0 Å². The summed E-state index contributed by atoms with van der Waals surface area (Å²) in [6, 6.07) is 0. The summed E-state index contributed by atoms with van der Waals surface area (Å²) in [5.41, 5.74) is 0.807. The summed E-state index contributed by atoms with van der Waals surface area (Å²) in [6.07, 6.45) is 7.84. The first-order valence-electron chi connectivity index (χ1n) is 4.17. The maximum Gasteiger partial charge on any atom is 0.244 e. The lowest BCUT2D eigenvalue weighted by atomic mass is 10.1. The predicted octanol–water partition coefficient (Wildman–Crippen LogP) is 1.52. The smallest absolute Gasteiger partial charge is 0.244 e. The van der Waals surface area contributed by atoms with E-state index in [1.807, 2.05) is 10.7 Å². The van der Waals surface area contributed by atoms with Crippen molar-refractivity contribution < 1.29 is 9.37 Å². The van der Waals surface area contributed by atoms with Crippen molar-refractivity contribution >= 4 is 12.0 Å². The fourth-order valence-electron chi connectivity index (χ4n) is 1.32. The number of nitrogens with zero attached hydrogens (tertiary/aromatic N) is 1. The lowest BCUT2D eigenvalue weighted by Crippen LogP contribution is -2.20. The Labute approximate surface area is 72.9 Å². The lowest BCUT2D eigenvalue weighted by molar-refractivity contribution is -0.457. The zero-order valence-corrected chi connectivity index (χ0v) is 7.42. The van der Waals surface area contributed by atoms with Crippen LogP contribution < -0.4 is 0 Å². The average Bonchev–Trinajstić information content (AvgIpc) is 2.05. The van der Waals surface area contributed by atoms with Crippen LogP contribution in [0.25, 0.3) is 0 Å². The molecule has 0 radical (unpaired) electrons. The summed E-state index contributed by atoms with van der Waals surface area (Å²) in [5, 5.41) is 0. The first-order chi connectivity index (χ1) is 5.75. The molecule has 0 fully saturated rings. The van der Waals surface area contributed by atoms with E-state index < -0.39 is 0 Å². The molecule has 12 heavy (non-hydrogen) atoms. The molecule has 1 heterocycles. The van der Waals surface area contributed by atoms with Crippen molar-refractivity contribution in [1.29, 1.82) is 0 Å². The number of hydrogen-bond donors (Lipinski definition) is 0. The standard InChI is InChI=1S/C10H14NO/c1-3-7-11-8-5-4-6-10(11)9(2)12/h3,6,8H,1,4-5,7H2,2H3/q+1. The van der Waals surface area contributed by atoms with E-state index in [0.717, 1.165) is 25.1 Å². The largest absolute Gasteiger partial charge is 0.288 e. The van der Waals surface area contributed by atoms with Gasteiger partial charge in [-0.2, -0.15) is 4.58 Å². The molecule has 0 aromatic carbocycles. The minimum absolute atomic E-state index is 0.132. The molecule has 1 rings (SSSR count). The minimum Gasteiger partial charge on any atom is -0.288 e. The fraction of sp³-hybridized carbons (Fsp3) is 0.400. The summed E-state index contributed by atoms with van der Waals surface area (Å²) < 4.78 is 1.96. The summed E-state index contributed by atoms with van der Waals surface area (Å²) in [5.74, 6) is 0.132. The minimum atomic E-state index is 0.132. The van der Waals surface area contributed by atoms with E-state index in [2.05, 4.69) is 12.8 Å². The van der Waals surface area contributed by atoms with Gasteiger partial charge < -0.3 is 0 Å². The van der Waals surface area contributed by atoms with Crippen molar-refractivity contribution in [2.24, 2.45) is 0 Å². The molecule has 0 saturated carbocycles. The Hall–Kier alpha value is -1.18. The van der Waals surface area contributed by atoms with Gasteiger partial charge in [0.15, 0.2) is 6.54 Å². The van der Waals surface area contributed by atoms with E-state index in [4.69, 9.17) is 0 Å². The predicted molar refractivity (Wildman–Crippen MR) is 49.4 cm³/mol. The first-order valence-corrected chi connectivity index (χ1v) is 4.17. The van der Waals surface area contributed by atoms with Gasteiger partial charge in [0.1, 0.15) is 6.21 Å². The Morgan fingerprint density at radius 1 is 1.75 bits per heavy atom. The zero-order valence-electron chi connectivity index (χ0n) is 7.42. The summed E-state index contributed by atoms with van der Waals surface area (Å²) in [4.78, 5) is 11.1. The van der Waals surface area contributed by atoms with Crippen LogP contribution in [0.2, 0.25) is 0 Å². The second-order valence-electron chi connectivity index (χ2n) is 2.85. The number of Topliss-reactive ketones (excluding diaryl/α,β-unsaturated/α-hetero) is 1. The van der Waals surface area contributed by atoms with Gasteiger partial charge in [-0.1, -0.05) is 6.58 Å². The zero-order chi connectivity index (χ0) is 8.97. The molecule has 1 aliphatic heterocycles. The van der Waals surface area contributed by atoms with E-state index in [1.165, 1.54) is 0 Å². The number of allylic oxidation sites excluding steroid dienone is 2. The summed E-state index contributed by atoms with van der Waals surface area (Å²) >= 11 is 0. The fourth-order valence-corrected chi connectivity index (χ4v) is 1.32. The molecule has 64 valence electrons. The highest BCUT2D eigenvalue weighted by molar-refractivity contribution is 5.91. The molecule has 0 aromatic rings. The average molecular weight is 164 g/mol. The van der Waals surface area contributed by atoms with Crippen LogP contribution in [-0.4, -0.2) is 23.1 Å². The second-order valence-corrected chi connectivity index (χ2v) is 2.85. The third-order valence-corrected chi connectivity index (χ3v) is 1.85. The van der Waals surface area contributed by atoms with Crippen LogP contribution in [0.4, 0.5) is 0 Å². The first kappa shape index (κ1) is 8.91. The van der Waals surface area contributed by atoms with Gasteiger partial charge in [0.2, 0.25) is 11.5 Å². The van der Waals surface area contributed by atoms with Crippen LogP contribution in [0.5, 0.6) is 0 Å². The van der Waals surface area contributed by atoms with Gasteiger partial charge in [0.25, 0.3) is 0 Å². The molecule has 0 aliphatic carbocycles. The molecule has 0 amide bonds. The molecule has 2 nitrogen and oxygen atoms in total. The molecular formula is C10H14NO+. The van der Waals surface area contributed by atoms with Crippen molar-refractivity contribution in [3.63, 3.8) is 0 Å². The van der Waals surface area contributed by atoms with Gasteiger partial charge in [0, 0.05) is 13.3 Å². The van der Waals surface area contributed by atoms with Crippen LogP contribution in [0, 0.1) is 0 Å². The van der Waals surface area contributed by atoms with Crippen molar-refractivity contribution in [1.82, 2.24) is 0 Å². The highest BCUT2D eigenvalue weighted by atomic mass is 16.1. The number of carbonyl (C=O) groups is 1. The third-order valence-electron chi connectivity index (χ3n) is 1.85. The molecule has 0 spiro atoms. The van der Waals surface area contributed by atoms with E-state index in [-0.39, 0.29) is 5.78 Å². The molecule has 0 unspecified atom stereocenters. The molecule has 1 aliphatic rings. The summed E-state index contributed by atoms with van der Waals surface area (Å²) in [6.45, 7) is 5.97. The maximum atomic E-state index is 11.1. The van der Waals surface area contributed by atoms with Crippen LogP contribution in [0.1, 0.15) is 19.8 Å². The lowest BCUT2D eigenvalue weighted by Gasteiger charge is -2.05. The van der Waals surface area contributed by atoms with Crippen LogP contribution >= 0.6 is 0 Å². The molecule has 0 saturated heterocycles. The van der Waals surface area contributed by atoms with Gasteiger partial charge in [-0.25, -0.2) is 0 Å². The maximum absolute atomic E-state index is 11.1. The Kier molecular flexibility index (Phi) is 2.97. The van der Waals surface area contributed by atoms with Crippen molar-refractivity contribution in [2.75, 3.05) is 6.54 Å². The molecular weight excluding hydrogens is 150 g/mol. The highest BCUT2D eigenvalue weighted by Gasteiger charge is 2.18. The van der Waals surface area contributed by atoms with Crippen molar-refractivity contribution in [3.05, 3.63) is 24.4 Å². The van der Waals surface area contributed by atoms with E-state index in [0.29, 0.717) is 0 Å². The number of carbonyl (C=O) groups excluding carboxylic acids is 1. The van der Waals surface area contributed by atoms with Crippen LogP contribution in [0.3, 0.4) is 0 Å². The number of ketones is 1. The molecule has 0 N–H and O–H groups in total. The van der Waals surface area contributed by atoms with Gasteiger partial charge in [-0.3, -0.25) is 4.79 Å². The van der Waals surface area contributed by atoms with Crippen molar-refractivity contribution in [2.45, 2.75) is 19.8 Å². The molecule has 2 heteroatoms. The highest BCUT2D eigenvalue weighted by Crippen LogP contribution is 2.07. The monoisotopic (exact) mass is 164 g/mol. The number of rotatable bonds is 3. The Bertz CT molecular complexity index is 261. The van der Waals surface area contributed by atoms with Crippen LogP contribution in [-0.2, 0) is 4.79 Å². The molecule has 0 atom stereocenters. The van der Waals surface area contributed by atoms with E-state index >= 15 is 0 Å². The quantitative estimate of drug-likeness (QED) is 0.457. The SMILES string of the molecule is C=CC[N+]1=CCCC=C1C(C)=O. The normalized spacial score (nSPS) is 16.4. The molecule has 0 bridgehead atoms. The Morgan fingerprint density at radius 3 is 3.08 bits per heavy atom. The Morgan fingerprint density at radius 2 is 2.50 bits per heavy atom. The Balaban J connectivity index is 2.82. The van der Waals surface area contributed by atoms with Crippen LogP contribution in [0.15, 0.2) is 24.4 Å². The second kappa shape index (κ2) is 4.00. The van der Waals surface area contributed by atoms with Crippen molar-refractivity contribution in [3.8, 4) is 0 Å². The van der Waals surface area contributed by atoms with E-state index in [9.17, 15) is 4.79 Å². The number of hydrogen-bond acceptors (Lipinski definition) is 1. The van der Waals surface area contributed by atoms with Gasteiger partial charge in [-0.15, -0.1) is 0 Å².